The number of halogens is 4. The minimum Gasteiger partial charge on any atom is -0.298 e. The van der Waals surface area contributed by atoms with Crippen LogP contribution < -0.4 is 0 Å². The number of carbonyl (C=O) groups excluding carboxylic acids is 3. The Morgan fingerprint density at radius 2 is 1.03 bits per heavy atom. The van der Waals surface area contributed by atoms with Crippen LogP contribution in [-0.4, -0.2) is 17.3 Å². The number of hydrogen-bond donors (Lipinski definition) is 0. The van der Waals surface area contributed by atoms with Crippen LogP contribution in [0.5, 0.6) is 0 Å². The van der Waals surface area contributed by atoms with Gasteiger partial charge in [-0.15, -0.1) is 0 Å². The van der Waals surface area contributed by atoms with E-state index in [1.807, 2.05) is 0 Å². The fraction of sp³-hybridized carbons (Fsp3) is 0.348. The third-order valence-corrected chi connectivity index (χ3v) is 7.81. The summed E-state index contributed by atoms with van der Waals surface area (Å²) < 4.78 is 0. The van der Waals surface area contributed by atoms with Crippen LogP contribution in [-0.2, 0) is 4.79 Å². The molecule has 0 N–H and O–H groups in total. The van der Waals surface area contributed by atoms with E-state index < -0.39 is 10.8 Å². The molecule has 0 heterocycles. The normalized spacial score (nSPS) is 18.0. The van der Waals surface area contributed by atoms with Crippen LogP contribution in [0.15, 0.2) is 36.4 Å². The summed E-state index contributed by atoms with van der Waals surface area (Å²) in [6.45, 7) is 0. The summed E-state index contributed by atoms with van der Waals surface area (Å²) in [4.78, 5) is 39.1. The van der Waals surface area contributed by atoms with Gasteiger partial charge in [0.1, 0.15) is 5.78 Å². The molecule has 2 aliphatic rings. The average molecular weight is 484 g/mol. The Morgan fingerprint density at radius 1 is 0.667 bits per heavy atom. The zero-order valence-electron chi connectivity index (χ0n) is 15.9. The molecular formula is C23H18Cl4O3. The topological polar surface area (TPSA) is 51.2 Å². The van der Waals surface area contributed by atoms with E-state index in [1.165, 1.54) is 0 Å². The lowest BCUT2D eigenvalue weighted by molar-refractivity contribution is -0.129. The number of benzene rings is 2. The van der Waals surface area contributed by atoms with Crippen molar-refractivity contribution in [2.45, 2.75) is 38.5 Å². The van der Waals surface area contributed by atoms with Crippen molar-refractivity contribution in [3.8, 4) is 0 Å². The molecule has 0 atom stereocenters. The number of carbonyl (C=O) groups is 3. The molecule has 2 aromatic rings. The van der Waals surface area contributed by atoms with Crippen molar-refractivity contribution in [3.63, 3.8) is 0 Å². The lowest BCUT2D eigenvalue weighted by atomic mass is 9.80. The van der Waals surface area contributed by atoms with Gasteiger partial charge in [0.2, 0.25) is 0 Å². The van der Waals surface area contributed by atoms with Gasteiger partial charge in [-0.1, -0.05) is 58.5 Å². The fourth-order valence-electron chi connectivity index (χ4n) is 4.08. The molecule has 0 aliphatic heterocycles. The first kappa shape index (κ1) is 21.8. The minimum atomic E-state index is -0.711. The fourth-order valence-corrected chi connectivity index (χ4v) is 4.89. The lowest BCUT2D eigenvalue weighted by Crippen LogP contribution is -2.30. The van der Waals surface area contributed by atoms with E-state index in [0.29, 0.717) is 46.9 Å². The monoisotopic (exact) mass is 482 g/mol. The highest BCUT2D eigenvalue weighted by atomic mass is 35.5. The van der Waals surface area contributed by atoms with Crippen molar-refractivity contribution in [1.82, 2.24) is 0 Å². The van der Waals surface area contributed by atoms with E-state index in [9.17, 15) is 14.4 Å². The second-order valence-electron chi connectivity index (χ2n) is 8.29. The van der Waals surface area contributed by atoms with Gasteiger partial charge in [-0.3, -0.25) is 14.4 Å². The maximum absolute atomic E-state index is 13.4. The summed E-state index contributed by atoms with van der Waals surface area (Å²) in [5.41, 5.74) is -0.764. The predicted molar refractivity (Wildman–Crippen MR) is 119 cm³/mol. The van der Waals surface area contributed by atoms with Gasteiger partial charge in [0.05, 0.1) is 20.1 Å². The van der Waals surface area contributed by atoms with E-state index >= 15 is 0 Å². The van der Waals surface area contributed by atoms with Crippen LogP contribution in [0.4, 0.5) is 0 Å². The molecule has 0 unspecified atom stereocenters. The van der Waals surface area contributed by atoms with E-state index in [4.69, 9.17) is 46.4 Å². The molecule has 2 fully saturated rings. The molecule has 156 valence electrons. The standard InChI is InChI=1S/C23H18Cl4O3/c24-15-5-1-3-13(19(15)26)17(28)11-22(7-8-22)21(30)23(9-10-23)12-18(29)14-4-2-6-16(25)20(14)27/h1-6H,7-12H2. The Balaban J connectivity index is 1.51. The Morgan fingerprint density at radius 3 is 1.37 bits per heavy atom. The molecule has 7 heteroatoms. The second kappa shape index (κ2) is 7.94. The SMILES string of the molecule is O=C(CC1(C(=O)C2(CC(=O)c3cccc(Cl)c3Cl)CC2)CC1)c1cccc(Cl)c1Cl. The molecule has 0 bridgehead atoms. The third kappa shape index (κ3) is 3.93. The van der Waals surface area contributed by atoms with Gasteiger partial charge >= 0.3 is 0 Å². The summed E-state index contributed by atoms with van der Waals surface area (Å²) >= 11 is 24.4. The van der Waals surface area contributed by atoms with Crippen molar-refractivity contribution in [2.24, 2.45) is 10.8 Å². The zero-order chi connectivity index (χ0) is 21.7. The van der Waals surface area contributed by atoms with Gasteiger partial charge in [0, 0.05) is 34.8 Å². The zero-order valence-corrected chi connectivity index (χ0v) is 19.0. The number of Topliss-reactive ketones (excluding diaryl/α,β-unsaturated/α-hetero) is 3. The average Bonchev–Trinajstić information content (AvgIpc) is 3.63. The molecule has 0 spiro atoms. The van der Waals surface area contributed by atoms with Gasteiger partial charge in [0.25, 0.3) is 0 Å². The van der Waals surface area contributed by atoms with Crippen LogP contribution >= 0.6 is 46.4 Å². The molecule has 2 aliphatic carbocycles. The van der Waals surface area contributed by atoms with Gasteiger partial charge < -0.3 is 0 Å². The number of ketones is 3. The van der Waals surface area contributed by atoms with Crippen molar-refractivity contribution >= 4 is 63.8 Å². The molecule has 2 aromatic carbocycles. The molecule has 0 saturated heterocycles. The highest BCUT2D eigenvalue weighted by molar-refractivity contribution is 6.44. The van der Waals surface area contributed by atoms with Crippen LogP contribution in [0.25, 0.3) is 0 Å². The summed E-state index contributed by atoms with van der Waals surface area (Å²) in [5.74, 6) is -0.394. The Bertz CT molecular complexity index is 985. The van der Waals surface area contributed by atoms with E-state index in [-0.39, 0.29) is 40.2 Å². The molecule has 0 amide bonds. The molecule has 4 rings (SSSR count). The number of hydrogen-bond acceptors (Lipinski definition) is 3. The summed E-state index contributed by atoms with van der Waals surface area (Å²) in [5, 5.41) is 1.03. The van der Waals surface area contributed by atoms with E-state index in [0.717, 1.165) is 0 Å². The molecule has 3 nitrogen and oxygen atoms in total. The largest absolute Gasteiger partial charge is 0.298 e. The number of rotatable bonds is 8. The quantitative estimate of drug-likeness (QED) is 0.370. The van der Waals surface area contributed by atoms with Gasteiger partial charge in [0.15, 0.2) is 11.6 Å². The molecular weight excluding hydrogens is 466 g/mol. The molecule has 30 heavy (non-hydrogen) atoms. The Labute approximate surface area is 194 Å². The molecule has 2 saturated carbocycles. The summed E-state index contributed by atoms with van der Waals surface area (Å²) in [7, 11) is 0. The van der Waals surface area contributed by atoms with E-state index in [1.54, 1.807) is 36.4 Å². The highest BCUT2D eigenvalue weighted by Gasteiger charge is 2.62. The van der Waals surface area contributed by atoms with Crippen molar-refractivity contribution in [3.05, 3.63) is 67.6 Å². The predicted octanol–water partition coefficient (Wildman–Crippen LogP) is 7.28. The first-order valence-electron chi connectivity index (χ1n) is 9.68. The molecule has 0 aromatic heterocycles. The molecule has 0 radical (unpaired) electrons. The first-order valence-corrected chi connectivity index (χ1v) is 11.2. The van der Waals surface area contributed by atoms with Crippen LogP contribution in [0.1, 0.15) is 59.2 Å². The Kier molecular flexibility index (Phi) is 5.78. The highest BCUT2D eigenvalue weighted by Crippen LogP contribution is 2.62. The maximum atomic E-state index is 13.4. The van der Waals surface area contributed by atoms with Crippen molar-refractivity contribution in [2.75, 3.05) is 0 Å². The van der Waals surface area contributed by atoms with Crippen molar-refractivity contribution in [1.29, 1.82) is 0 Å². The van der Waals surface area contributed by atoms with Crippen LogP contribution in [0.3, 0.4) is 0 Å². The van der Waals surface area contributed by atoms with Crippen LogP contribution in [0.2, 0.25) is 20.1 Å². The Hall–Kier alpha value is -1.39. The maximum Gasteiger partial charge on any atom is 0.165 e. The second-order valence-corrected chi connectivity index (χ2v) is 9.86. The van der Waals surface area contributed by atoms with Gasteiger partial charge in [-0.05, 0) is 49.9 Å². The van der Waals surface area contributed by atoms with E-state index in [2.05, 4.69) is 0 Å². The van der Waals surface area contributed by atoms with Crippen molar-refractivity contribution < 1.29 is 14.4 Å². The smallest absolute Gasteiger partial charge is 0.165 e. The first-order chi connectivity index (χ1) is 14.2. The lowest BCUT2D eigenvalue weighted by Gasteiger charge is -2.21. The van der Waals surface area contributed by atoms with Crippen LogP contribution in [0, 0.1) is 10.8 Å². The third-order valence-electron chi connectivity index (χ3n) is 6.17. The van der Waals surface area contributed by atoms with Gasteiger partial charge in [-0.2, -0.15) is 0 Å². The van der Waals surface area contributed by atoms with Gasteiger partial charge in [-0.25, -0.2) is 0 Å². The summed E-state index contributed by atoms with van der Waals surface area (Å²) in [6.07, 6.45) is 2.74. The minimum absolute atomic E-state index is 0.00741. The summed E-state index contributed by atoms with van der Waals surface area (Å²) in [6, 6.07) is 9.80.